The number of carbonyl (C=O) groups is 1. The monoisotopic (exact) mass is 448 g/mol. The Morgan fingerprint density at radius 2 is 1.53 bits per heavy atom. The minimum atomic E-state index is -0.873. The Kier molecular flexibility index (Phi) is 11.0. The summed E-state index contributed by atoms with van der Waals surface area (Å²) in [7, 11) is 1.59. The molecular formula is C24H32O8. The molecule has 1 aliphatic rings. The van der Waals surface area contributed by atoms with E-state index in [0.29, 0.717) is 18.1 Å². The lowest BCUT2D eigenvalue weighted by Gasteiger charge is -2.45. The number of esters is 1. The van der Waals surface area contributed by atoms with Crippen molar-refractivity contribution < 1.29 is 38.0 Å². The van der Waals surface area contributed by atoms with Gasteiger partial charge in [0, 0.05) is 6.92 Å². The van der Waals surface area contributed by atoms with Crippen LogP contribution < -0.4 is 9.47 Å². The molecular weight excluding hydrogens is 416 g/mol. The molecule has 0 bridgehead atoms. The topological polar surface area (TPSA) is 81.7 Å². The summed E-state index contributed by atoms with van der Waals surface area (Å²) in [6.45, 7) is 13.2. The molecule has 5 atom stereocenters. The Bertz CT molecular complexity index is 732. The quantitative estimate of drug-likeness (QED) is 0.244. The van der Waals surface area contributed by atoms with Gasteiger partial charge in [-0.15, -0.1) is 19.7 Å². The highest BCUT2D eigenvalue weighted by Gasteiger charge is 2.50. The first-order chi connectivity index (χ1) is 15.5. The minimum absolute atomic E-state index is 0.133. The first-order valence-electron chi connectivity index (χ1n) is 10.3. The third kappa shape index (κ3) is 7.49. The number of benzene rings is 1. The third-order valence-electron chi connectivity index (χ3n) is 4.54. The molecule has 0 spiro atoms. The summed E-state index contributed by atoms with van der Waals surface area (Å²) in [4.78, 5) is 11.8. The summed E-state index contributed by atoms with van der Waals surface area (Å²) in [5.41, 5.74) is 0. The summed E-state index contributed by atoms with van der Waals surface area (Å²) in [6.07, 6.45) is 1.07. The van der Waals surface area contributed by atoms with Gasteiger partial charge in [0.15, 0.2) is 6.10 Å². The number of carbonyl (C=O) groups excluding carboxylic acids is 1. The first-order valence-corrected chi connectivity index (χ1v) is 10.3. The number of methoxy groups -OCH3 is 1. The van der Waals surface area contributed by atoms with Crippen LogP contribution in [-0.4, -0.2) is 70.2 Å². The second-order valence-corrected chi connectivity index (χ2v) is 6.91. The average molecular weight is 449 g/mol. The van der Waals surface area contributed by atoms with E-state index in [4.69, 9.17) is 33.2 Å². The van der Waals surface area contributed by atoms with Crippen LogP contribution in [0.2, 0.25) is 0 Å². The van der Waals surface area contributed by atoms with Gasteiger partial charge in [-0.2, -0.15) is 0 Å². The minimum Gasteiger partial charge on any atom is -0.497 e. The lowest BCUT2D eigenvalue weighted by Crippen LogP contribution is -2.63. The van der Waals surface area contributed by atoms with E-state index in [1.165, 1.54) is 6.92 Å². The van der Waals surface area contributed by atoms with E-state index >= 15 is 0 Å². The number of rotatable bonds is 14. The molecule has 0 radical (unpaired) electrons. The zero-order valence-electron chi connectivity index (χ0n) is 18.6. The Balaban J connectivity index is 2.35. The maximum Gasteiger partial charge on any atom is 0.303 e. The van der Waals surface area contributed by atoms with Crippen LogP contribution in [0.3, 0.4) is 0 Å². The van der Waals surface area contributed by atoms with E-state index in [0.717, 1.165) is 0 Å². The summed E-state index contributed by atoms with van der Waals surface area (Å²) >= 11 is 0. The molecule has 1 heterocycles. The van der Waals surface area contributed by atoms with Crippen molar-refractivity contribution in [3.8, 4) is 11.5 Å². The van der Waals surface area contributed by atoms with Gasteiger partial charge in [-0.3, -0.25) is 4.79 Å². The van der Waals surface area contributed by atoms with Gasteiger partial charge in [-0.1, -0.05) is 18.2 Å². The third-order valence-corrected chi connectivity index (χ3v) is 4.54. The summed E-state index contributed by atoms with van der Waals surface area (Å²) in [6, 6.07) is 7.06. The predicted octanol–water partition coefficient (Wildman–Crippen LogP) is 3.08. The second-order valence-electron chi connectivity index (χ2n) is 6.91. The zero-order valence-corrected chi connectivity index (χ0v) is 18.6. The highest BCUT2D eigenvalue weighted by molar-refractivity contribution is 5.66. The molecule has 1 saturated heterocycles. The lowest BCUT2D eigenvalue weighted by molar-refractivity contribution is -0.296. The van der Waals surface area contributed by atoms with Gasteiger partial charge in [0.2, 0.25) is 6.29 Å². The smallest absolute Gasteiger partial charge is 0.303 e. The summed E-state index contributed by atoms with van der Waals surface area (Å²) < 4.78 is 40.6. The van der Waals surface area contributed by atoms with E-state index in [9.17, 15) is 4.79 Å². The van der Waals surface area contributed by atoms with Gasteiger partial charge >= 0.3 is 5.97 Å². The van der Waals surface area contributed by atoms with E-state index in [-0.39, 0.29) is 19.8 Å². The molecule has 8 nitrogen and oxygen atoms in total. The van der Waals surface area contributed by atoms with E-state index in [2.05, 4.69) is 19.7 Å². The number of hydrogen-bond acceptors (Lipinski definition) is 8. The summed E-state index contributed by atoms with van der Waals surface area (Å²) in [5, 5.41) is 0. The van der Waals surface area contributed by atoms with Crippen LogP contribution >= 0.6 is 0 Å². The van der Waals surface area contributed by atoms with Crippen molar-refractivity contribution in [3.05, 3.63) is 62.2 Å². The van der Waals surface area contributed by atoms with Crippen LogP contribution in [0.1, 0.15) is 6.92 Å². The number of ether oxygens (including phenoxy) is 7. The maximum atomic E-state index is 11.8. The van der Waals surface area contributed by atoms with Crippen LogP contribution in [0, 0.1) is 0 Å². The zero-order chi connectivity index (χ0) is 23.3. The molecule has 0 aromatic heterocycles. The van der Waals surface area contributed by atoms with Crippen molar-refractivity contribution >= 4 is 5.97 Å². The van der Waals surface area contributed by atoms with E-state index < -0.39 is 36.7 Å². The van der Waals surface area contributed by atoms with Crippen LogP contribution in [0.5, 0.6) is 11.5 Å². The fraction of sp³-hybridized carbons (Fsp3) is 0.458. The Morgan fingerprint density at radius 3 is 2.09 bits per heavy atom. The van der Waals surface area contributed by atoms with Crippen molar-refractivity contribution in [1.29, 1.82) is 0 Å². The SMILES string of the molecule is C=CCOC[C@H]1O[C@@H](Oc2ccc(OC)cc2)[C@H](OCC=C)[C@@H](OCC=C)[C@H]1OC(C)=O. The fourth-order valence-electron chi connectivity index (χ4n) is 3.22. The van der Waals surface area contributed by atoms with Gasteiger partial charge in [0.25, 0.3) is 0 Å². The van der Waals surface area contributed by atoms with Crippen LogP contribution in [-0.2, 0) is 28.5 Å². The molecule has 32 heavy (non-hydrogen) atoms. The molecule has 176 valence electrons. The molecule has 0 amide bonds. The Labute approximate surface area is 189 Å². The Hall–Kier alpha value is -2.65. The van der Waals surface area contributed by atoms with Gasteiger partial charge in [-0.25, -0.2) is 0 Å². The first kappa shape index (κ1) is 25.6. The standard InChI is InChI=1S/C24H32O8/c1-6-13-27-16-20-21(30-17(4)25)22(28-14-7-2)23(29-15-8-3)24(32-20)31-19-11-9-18(26-5)10-12-19/h6-12,20-24H,1-3,13-16H2,4-5H3/t20-,21+,22+,23-,24-/m1/s1. The van der Waals surface area contributed by atoms with E-state index in [1.807, 2.05) is 0 Å². The molecule has 8 heteroatoms. The van der Waals surface area contributed by atoms with Crippen molar-refractivity contribution in [1.82, 2.24) is 0 Å². The molecule has 1 aromatic rings. The normalized spacial score (nSPS) is 24.9. The molecule has 0 saturated carbocycles. The fourth-order valence-corrected chi connectivity index (χ4v) is 3.22. The molecule has 0 N–H and O–H groups in total. The number of hydrogen-bond donors (Lipinski definition) is 0. The van der Waals surface area contributed by atoms with Gasteiger partial charge in [-0.05, 0) is 24.3 Å². The lowest BCUT2D eigenvalue weighted by atomic mass is 9.98. The van der Waals surface area contributed by atoms with E-state index in [1.54, 1.807) is 49.6 Å². The molecule has 0 aliphatic carbocycles. The van der Waals surface area contributed by atoms with Crippen molar-refractivity contribution in [2.45, 2.75) is 37.6 Å². The van der Waals surface area contributed by atoms with Crippen LogP contribution in [0.4, 0.5) is 0 Å². The average Bonchev–Trinajstić information content (AvgIpc) is 2.79. The molecule has 2 rings (SSSR count). The molecule has 0 unspecified atom stereocenters. The van der Waals surface area contributed by atoms with Gasteiger partial charge in [0.05, 0.1) is 33.5 Å². The van der Waals surface area contributed by atoms with Crippen molar-refractivity contribution in [2.24, 2.45) is 0 Å². The molecule has 1 aromatic carbocycles. The van der Waals surface area contributed by atoms with Gasteiger partial charge < -0.3 is 33.2 Å². The van der Waals surface area contributed by atoms with Crippen molar-refractivity contribution in [2.75, 3.05) is 33.5 Å². The van der Waals surface area contributed by atoms with Crippen molar-refractivity contribution in [3.63, 3.8) is 0 Å². The molecule has 1 aliphatic heterocycles. The second kappa shape index (κ2) is 13.7. The largest absolute Gasteiger partial charge is 0.497 e. The summed E-state index contributed by atoms with van der Waals surface area (Å²) in [5.74, 6) is 0.762. The van der Waals surface area contributed by atoms with Crippen LogP contribution in [0.15, 0.2) is 62.2 Å². The van der Waals surface area contributed by atoms with Crippen LogP contribution in [0.25, 0.3) is 0 Å². The maximum absolute atomic E-state index is 11.8. The molecule has 1 fully saturated rings. The highest BCUT2D eigenvalue weighted by atomic mass is 16.7. The Morgan fingerprint density at radius 1 is 0.938 bits per heavy atom. The predicted molar refractivity (Wildman–Crippen MR) is 119 cm³/mol. The van der Waals surface area contributed by atoms with Gasteiger partial charge in [0.1, 0.15) is 29.8 Å². The highest BCUT2D eigenvalue weighted by Crippen LogP contribution is 2.31.